The topological polar surface area (TPSA) is 12.5 Å². The van der Waals surface area contributed by atoms with Crippen molar-refractivity contribution >= 4 is 15.9 Å². The number of hydrogen-bond donors (Lipinski definition) is 0. The molecule has 1 fully saturated rings. The molecule has 14 heavy (non-hydrogen) atoms. The largest absolute Gasteiger partial charge is 0.383 e. The Bertz CT molecular complexity index is 137. The van der Waals surface area contributed by atoms with E-state index in [2.05, 4.69) is 20.8 Å². The van der Waals surface area contributed by atoms with Crippen molar-refractivity contribution in [1.82, 2.24) is 4.90 Å². The van der Waals surface area contributed by atoms with Crippen LogP contribution < -0.4 is 0 Å². The van der Waals surface area contributed by atoms with Crippen LogP contribution in [0.25, 0.3) is 0 Å². The van der Waals surface area contributed by atoms with Crippen molar-refractivity contribution in [2.75, 3.05) is 38.7 Å². The number of ether oxygens (including phenoxy) is 1. The van der Waals surface area contributed by atoms with Gasteiger partial charge in [0.2, 0.25) is 0 Å². The molecule has 0 amide bonds. The molecular weight excluding hydrogens is 242 g/mol. The fourth-order valence-electron chi connectivity index (χ4n) is 2.19. The van der Waals surface area contributed by atoms with Gasteiger partial charge in [0.25, 0.3) is 0 Å². The number of alkyl halides is 1. The van der Waals surface area contributed by atoms with E-state index in [0.717, 1.165) is 30.9 Å². The molecule has 3 heteroatoms. The molecule has 0 radical (unpaired) electrons. The van der Waals surface area contributed by atoms with Crippen LogP contribution in [0.4, 0.5) is 0 Å². The summed E-state index contributed by atoms with van der Waals surface area (Å²) in [5.41, 5.74) is 0. The van der Waals surface area contributed by atoms with Gasteiger partial charge >= 0.3 is 0 Å². The monoisotopic (exact) mass is 263 g/mol. The maximum atomic E-state index is 5.13. The first-order valence-electron chi connectivity index (χ1n) is 5.64. The first-order valence-corrected chi connectivity index (χ1v) is 6.76. The molecule has 1 saturated carbocycles. The molecule has 0 aromatic heterocycles. The van der Waals surface area contributed by atoms with Crippen molar-refractivity contribution < 1.29 is 4.74 Å². The van der Waals surface area contributed by atoms with E-state index in [1.165, 1.54) is 32.2 Å². The Balaban J connectivity index is 2.18. The lowest BCUT2D eigenvalue weighted by molar-refractivity contribution is 0.141. The lowest BCUT2D eigenvalue weighted by atomic mass is 10.1. The number of methoxy groups -OCH3 is 1. The van der Waals surface area contributed by atoms with Crippen LogP contribution in [0, 0.1) is 5.92 Å². The Morgan fingerprint density at radius 2 is 2.00 bits per heavy atom. The molecule has 84 valence electrons. The van der Waals surface area contributed by atoms with Crippen LogP contribution in [0.2, 0.25) is 0 Å². The fourth-order valence-corrected chi connectivity index (χ4v) is 2.69. The molecule has 2 nitrogen and oxygen atoms in total. The molecule has 1 aliphatic rings. The van der Waals surface area contributed by atoms with Crippen molar-refractivity contribution in [3.8, 4) is 0 Å². The maximum Gasteiger partial charge on any atom is 0.0589 e. The second-order valence-electron chi connectivity index (χ2n) is 4.13. The zero-order chi connectivity index (χ0) is 10.2. The lowest BCUT2D eigenvalue weighted by Gasteiger charge is -2.24. The molecule has 0 spiro atoms. The smallest absolute Gasteiger partial charge is 0.0589 e. The lowest BCUT2D eigenvalue weighted by Crippen LogP contribution is -2.33. The molecule has 0 heterocycles. The minimum Gasteiger partial charge on any atom is -0.383 e. The molecule has 0 aromatic carbocycles. The van der Waals surface area contributed by atoms with Gasteiger partial charge in [0.15, 0.2) is 0 Å². The highest BCUT2D eigenvalue weighted by Crippen LogP contribution is 2.25. The molecular formula is C11H22BrNO. The third-order valence-corrected chi connectivity index (χ3v) is 3.36. The zero-order valence-corrected chi connectivity index (χ0v) is 10.8. The van der Waals surface area contributed by atoms with E-state index in [0.29, 0.717) is 0 Å². The van der Waals surface area contributed by atoms with Crippen molar-refractivity contribution in [2.24, 2.45) is 5.92 Å². The Hall–Kier alpha value is 0.400. The summed E-state index contributed by atoms with van der Waals surface area (Å²) in [5, 5.41) is 1.07. The van der Waals surface area contributed by atoms with E-state index >= 15 is 0 Å². The van der Waals surface area contributed by atoms with Gasteiger partial charge < -0.3 is 4.74 Å². The van der Waals surface area contributed by atoms with Gasteiger partial charge in [-0.05, 0) is 18.8 Å². The van der Waals surface area contributed by atoms with Crippen LogP contribution in [0.5, 0.6) is 0 Å². The zero-order valence-electron chi connectivity index (χ0n) is 9.17. The highest BCUT2D eigenvalue weighted by Gasteiger charge is 2.17. The van der Waals surface area contributed by atoms with Crippen LogP contribution in [-0.2, 0) is 4.74 Å². The van der Waals surface area contributed by atoms with E-state index in [1.807, 2.05) is 0 Å². The third-order valence-electron chi connectivity index (χ3n) is 3.00. The van der Waals surface area contributed by atoms with Gasteiger partial charge in [-0.25, -0.2) is 0 Å². The van der Waals surface area contributed by atoms with Gasteiger partial charge in [-0.1, -0.05) is 28.8 Å². The van der Waals surface area contributed by atoms with Gasteiger partial charge in [-0.2, -0.15) is 0 Å². The summed E-state index contributed by atoms with van der Waals surface area (Å²) in [5.74, 6) is 0.950. The first-order chi connectivity index (χ1) is 6.86. The van der Waals surface area contributed by atoms with E-state index < -0.39 is 0 Å². The number of rotatable bonds is 7. The first kappa shape index (κ1) is 12.5. The Kier molecular flexibility index (Phi) is 6.82. The summed E-state index contributed by atoms with van der Waals surface area (Å²) in [6, 6.07) is 0. The quantitative estimate of drug-likeness (QED) is 0.655. The second-order valence-corrected chi connectivity index (χ2v) is 4.93. The summed E-state index contributed by atoms with van der Waals surface area (Å²) in [6.07, 6.45) is 5.76. The van der Waals surface area contributed by atoms with Crippen molar-refractivity contribution in [1.29, 1.82) is 0 Å². The number of hydrogen-bond acceptors (Lipinski definition) is 2. The van der Waals surface area contributed by atoms with E-state index in [4.69, 9.17) is 4.74 Å². The predicted octanol–water partition coefficient (Wildman–Crippen LogP) is 2.52. The molecule has 0 atom stereocenters. The van der Waals surface area contributed by atoms with E-state index in [9.17, 15) is 0 Å². The van der Waals surface area contributed by atoms with Crippen LogP contribution in [-0.4, -0.2) is 43.6 Å². The Labute approximate surface area is 96.1 Å². The summed E-state index contributed by atoms with van der Waals surface area (Å²) in [6.45, 7) is 4.37. The third kappa shape index (κ3) is 4.76. The normalized spacial score (nSPS) is 18.2. The summed E-state index contributed by atoms with van der Waals surface area (Å²) >= 11 is 3.51. The van der Waals surface area contributed by atoms with Gasteiger partial charge in [0.05, 0.1) is 6.61 Å². The van der Waals surface area contributed by atoms with Gasteiger partial charge in [0, 0.05) is 32.1 Å². The van der Waals surface area contributed by atoms with Gasteiger partial charge in [-0.15, -0.1) is 0 Å². The number of nitrogens with zero attached hydrogens (tertiary/aromatic N) is 1. The van der Waals surface area contributed by atoms with Crippen molar-refractivity contribution in [2.45, 2.75) is 25.7 Å². The summed E-state index contributed by atoms with van der Waals surface area (Å²) < 4.78 is 5.13. The Morgan fingerprint density at radius 3 is 2.57 bits per heavy atom. The second kappa shape index (κ2) is 7.66. The van der Waals surface area contributed by atoms with E-state index in [-0.39, 0.29) is 0 Å². The fraction of sp³-hybridized carbons (Fsp3) is 1.00. The van der Waals surface area contributed by atoms with Crippen LogP contribution in [0.3, 0.4) is 0 Å². The van der Waals surface area contributed by atoms with E-state index in [1.54, 1.807) is 7.11 Å². The highest BCUT2D eigenvalue weighted by atomic mass is 79.9. The molecule has 1 aliphatic carbocycles. The summed E-state index contributed by atoms with van der Waals surface area (Å²) in [7, 11) is 1.78. The average molecular weight is 264 g/mol. The van der Waals surface area contributed by atoms with Crippen molar-refractivity contribution in [3.05, 3.63) is 0 Å². The molecule has 0 bridgehead atoms. The van der Waals surface area contributed by atoms with Gasteiger partial charge in [0.1, 0.15) is 0 Å². The molecule has 0 N–H and O–H groups in total. The van der Waals surface area contributed by atoms with Crippen LogP contribution in [0.15, 0.2) is 0 Å². The summed E-state index contributed by atoms with van der Waals surface area (Å²) in [4.78, 5) is 2.52. The molecule has 0 aliphatic heterocycles. The standard InChI is InChI=1S/C11H22BrNO/c1-14-9-8-13(7-6-12)10-11-4-2-3-5-11/h11H,2-10H2,1H3. The average Bonchev–Trinajstić information content (AvgIpc) is 2.67. The maximum absolute atomic E-state index is 5.13. The number of halogens is 1. The predicted molar refractivity (Wildman–Crippen MR) is 64.1 cm³/mol. The minimum atomic E-state index is 0.861. The van der Waals surface area contributed by atoms with Crippen molar-refractivity contribution in [3.63, 3.8) is 0 Å². The molecule has 1 rings (SSSR count). The minimum absolute atomic E-state index is 0.861. The SMILES string of the molecule is COCCN(CCBr)CC1CCCC1. The van der Waals surface area contributed by atoms with Crippen LogP contribution >= 0.6 is 15.9 Å². The van der Waals surface area contributed by atoms with Crippen LogP contribution in [0.1, 0.15) is 25.7 Å². The molecule has 0 aromatic rings. The Morgan fingerprint density at radius 1 is 1.29 bits per heavy atom. The molecule has 0 saturated heterocycles. The highest BCUT2D eigenvalue weighted by molar-refractivity contribution is 9.09. The molecule has 0 unspecified atom stereocenters. The van der Waals surface area contributed by atoms with Gasteiger partial charge in [-0.3, -0.25) is 4.90 Å².